The third-order valence-electron chi connectivity index (χ3n) is 0.638. The molecule has 0 atom stereocenters. The van der Waals surface area contributed by atoms with Crippen molar-refractivity contribution in [3.05, 3.63) is 0 Å². The van der Waals surface area contributed by atoms with Gasteiger partial charge in [0, 0.05) is 0 Å². The molecule has 0 rings (SSSR count). The maximum atomic E-state index is 10.5. The second-order valence-electron chi connectivity index (χ2n) is 1.40. The largest absolute Gasteiger partial charge is 0.450 e. The van der Waals surface area contributed by atoms with E-state index in [2.05, 4.69) is 4.74 Å². The molecule has 10 heavy (non-hydrogen) atoms. The molecule has 0 aliphatic carbocycles. The summed E-state index contributed by atoms with van der Waals surface area (Å²) in [5.74, 6) is -0.334. The van der Waals surface area contributed by atoms with Crippen molar-refractivity contribution in [2.45, 2.75) is 6.92 Å². The first-order chi connectivity index (χ1) is 4.70. The highest BCUT2D eigenvalue weighted by Crippen LogP contribution is 1.81. The third-order valence-corrected chi connectivity index (χ3v) is 1.33. The molecule has 0 aliphatic heterocycles. The van der Waals surface area contributed by atoms with Gasteiger partial charge >= 0.3 is 6.09 Å². The van der Waals surface area contributed by atoms with Gasteiger partial charge in [0.2, 0.25) is 5.91 Å². The maximum absolute atomic E-state index is 10.5. The molecular formula is C5H8INO3. The highest BCUT2D eigenvalue weighted by molar-refractivity contribution is 14.1. The number of nitrogens with one attached hydrogen (secondary N) is 1. The number of amides is 2. The summed E-state index contributed by atoms with van der Waals surface area (Å²) in [4.78, 5) is 20.9. The van der Waals surface area contributed by atoms with Gasteiger partial charge in [-0.15, -0.1) is 0 Å². The molecule has 0 fully saturated rings. The van der Waals surface area contributed by atoms with Crippen molar-refractivity contribution < 1.29 is 14.3 Å². The van der Waals surface area contributed by atoms with E-state index in [0.29, 0.717) is 0 Å². The number of ether oxygens (including phenoxy) is 1. The molecule has 0 aromatic carbocycles. The van der Waals surface area contributed by atoms with E-state index in [1.165, 1.54) is 0 Å². The van der Waals surface area contributed by atoms with E-state index in [1.807, 2.05) is 27.9 Å². The van der Waals surface area contributed by atoms with Crippen LogP contribution < -0.4 is 5.32 Å². The van der Waals surface area contributed by atoms with Crippen LogP contribution in [0.25, 0.3) is 0 Å². The van der Waals surface area contributed by atoms with Crippen molar-refractivity contribution in [2.24, 2.45) is 0 Å². The molecule has 58 valence electrons. The Balaban J connectivity index is 3.47. The summed E-state index contributed by atoms with van der Waals surface area (Å²) in [6, 6.07) is 0. The average Bonchev–Trinajstić information content (AvgIpc) is 1.88. The summed E-state index contributed by atoms with van der Waals surface area (Å²) >= 11 is 1.86. The zero-order valence-corrected chi connectivity index (χ0v) is 7.67. The SMILES string of the molecule is CCOC(=O)NC(=O)CI. The van der Waals surface area contributed by atoms with Gasteiger partial charge < -0.3 is 4.74 Å². The molecule has 0 bridgehead atoms. The molecule has 0 spiro atoms. The minimum Gasteiger partial charge on any atom is -0.450 e. The van der Waals surface area contributed by atoms with E-state index in [4.69, 9.17) is 0 Å². The summed E-state index contributed by atoms with van der Waals surface area (Å²) in [6.45, 7) is 1.95. The number of rotatable bonds is 2. The molecule has 2 amide bonds. The van der Waals surface area contributed by atoms with Crippen LogP contribution in [0.1, 0.15) is 6.92 Å². The van der Waals surface area contributed by atoms with Crippen LogP contribution in [0.3, 0.4) is 0 Å². The van der Waals surface area contributed by atoms with Crippen molar-refractivity contribution in [3.63, 3.8) is 0 Å². The van der Waals surface area contributed by atoms with E-state index >= 15 is 0 Å². The summed E-state index contributed by atoms with van der Waals surface area (Å²) in [5, 5.41) is 2.02. The number of carbonyl (C=O) groups excluding carboxylic acids is 2. The second kappa shape index (κ2) is 5.45. The van der Waals surface area contributed by atoms with Crippen molar-refractivity contribution in [1.82, 2.24) is 5.32 Å². The molecule has 0 aromatic heterocycles. The Kier molecular flexibility index (Phi) is 5.27. The number of hydrogen-bond acceptors (Lipinski definition) is 3. The maximum Gasteiger partial charge on any atom is 0.413 e. The Bertz CT molecular complexity index is 137. The fourth-order valence-corrected chi connectivity index (χ4v) is 0.505. The van der Waals surface area contributed by atoms with Crippen molar-refractivity contribution >= 4 is 34.6 Å². The van der Waals surface area contributed by atoms with Crippen molar-refractivity contribution in [1.29, 1.82) is 0 Å². The number of carbonyl (C=O) groups is 2. The van der Waals surface area contributed by atoms with Gasteiger partial charge in [0.1, 0.15) is 0 Å². The first kappa shape index (κ1) is 9.67. The van der Waals surface area contributed by atoms with Gasteiger partial charge in [-0.2, -0.15) is 0 Å². The number of hydrogen-bond donors (Lipinski definition) is 1. The van der Waals surface area contributed by atoms with Crippen LogP contribution in [0.5, 0.6) is 0 Å². The van der Waals surface area contributed by atoms with Gasteiger partial charge in [0.15, 0.2) is 0 Å². The fourth-order valence-electron chi connectivity index (χ4n) is 0.314. The molecule has 1 N–H and O–H groups in total. The lowest BCUT2D eigenvalue weighted by atomic mass is 10.7. The molecule has 0 saturated heterocycles. The van der Waals surface area contributed by atoms with Gasteiger partial charge in [-0.1, -0.05) is 22.6 Å². The van der Waals surface area contributed by atoms with Crippen LogP contribution in [-0.2, 0) is 9.53 Å². The molecule has 5 heteroatoms. The molecule has 0 heterocycles. The minimum atomic E-state index is -0.677. The molecule has 0 aliphatic rings. The van der Waals surface area contributed by atoms with Crippen LogP contribution in [0.4, 0.5) is 4.79 Å². The molecule has 0 saturated carbocycles. The average molecular weight is 257 g/mol. The van der Waals surface area contributed by atoms with Crippen molar-refractivity contribution in [2.75, 3.05) is 11.0 Å². The van der Waals surface area contributed by atoms with Crippen molar-refractivity contribution in [3.8, 4) is 0 Å². The Labute approximate surface area is 72.4 Å². The number of alkyl carbamates (subject to hydrolysis) is 1. The zero-order chi connectivity index (χ0) is 7.98. The predicted molar refractivity (Wildman–Crippen MR) is 44.1 cm³/mol. The molecule has 0 radical (unpaired) electrons. The number of imide groups is 1. The molecular weight excluding hydrogens is 249 g/mol. The predicted octanol–water partition coefficient (Wildman–Crippen LogP) is 0.694. The van der Waals surface area contributed by atoms with E-state index in [-0.39, 0.29) is 16.9 Å². The van der Waals surface area contributed by atoms with E-state index < -0.39 is 6.09 Å². The summed E-state index contributed by atoms with van der Waals surface area (Å²) < 4.78 is 4.70. The van der Waals surface area contributed by atoms with E-state index in [9.17, 15) is 9.59 Å². The third kappa shape index (κ3) is 4.54. The monoisotopic (exact) mass is 257 g/mol. The number of halogens is 1. The van der Waals surface area contributed by atoms with Crippen LogP contribution in [0.2, 0.25) is 0 Å². The topological polar surface area (TPSA) is 55.4 Å². The highest BCUT2D eigenvalue weighted by Gasteiger charge is 2.04. The van der Waals surface area contributed by atoms with Gasteiger partial charge in [-0.05, 0) is 6.92 Å². The molecule has 4 nitrogen and oxygen atoms in total. The number of alkyl halides is 1. The normalized spacial score (nSPS) is 8.60. The Morgan fingerprint density at radius 2 is 2.20 bits per heavy atom. The van der Waals surface area contributed by atoms with Crippen LogP contribution in [0.15, 0.2) is 0 Å². The smallest absolute Gasteiger partial charge is 0.413 e. The van der Waals surface area contributed by atoms with Gasteiger partial charge in [0.05, 0.1) is 11.0 Å². The van der Waals surface area contributed by atoms with Gasteiger partial charge in [0.25, 0.3) is 0 Å². The highest BCUT2D eigenvalue weighted by atomic mass is 127. The minimum absolute atomic E-state index is 0.260. The summed E-state index contributed by atoms with van der Waals surface area (Å²) in [6.07, 6.45) is -0.677. The van der Waals surface area contributed by atoms with E-state index in [0.717, 1.165) is 0 Å². The lowest BCUT2D eigenvalue weighted by molar-refractivity contribution is -0.117. The standard InChI is InChI=1S/C5H8INO3/c1-2-10-5(9)7-4(8)3-6/h2-3H2,1H3,(H,7,8,9). The molecule has 0 aromatic rings. The fraction of sp³-hybridized carbons (Fsp3) is 0.600. The van der Waals surface area contributed by atoms with E-state index in [1.54, 1.807) is 6.92 Å². The lowest BCUT2D eigenvalue weighted by Gasteiger charge is -2.00. The van der Waals surface area contributed by atoms with Crippen LogP contribution in [0, 0.1) is 0 Å². The van der Waals surface area contributed by atoms with Gasteiger partial charge in [-0.3, -0.25) is 10.1 Å². The second-order valence-corrected chi connectivity index (χ2v) is 2.17. The molecule has 0 unspecified atom stereocenters. The van der Waals surface area contributed by atoms with Gasteiger partial charge in [-0.25, -0.2) is 4.79 Å². The van der Waals surface area contributed by atoms with Crippen LogP contribution in [-0.4, -0.2) is 23.0 Å². The summed E-state index contributed by atoms with van der Waals surface area (Å²) in [7, 11) is 0. The Morgan fingerprint density at radius 1 is 1.60 bits per heavy atom. The quantitative estimate of drug-likeness (QED) is 0.585. The zero-order valence-electron chi connectivity index (χ0n) is 5.52. The summed E-state index contributed by atoms with van der Waals surface area (Å²) in [5.41, 5.74) is 0. The first-order valence-corrected chi connectivity index (χ1v) is 4.25. The lowest BCUT2D eigenvalue weighted by Crippen LogP contribution is -2.31. The Hall–Kier alpha value is -0.330. The first-order valence-electron chi connectivity index (χ1n) is 2.73. The van der Waals surface area contributed by atoms with Crippen LogP contribution >= 0.6 is 22.6 Å². The Morgan fingerprint density at radius 3 is 2.60 bits per heavy atom.